The Labute approximate surface area is 109 Å². The Bertz CT molecular complexity index is 500. The van der Waals surface area contributed by atoms with E-state index in [0.29, 0.717) is 18.5 Å². The molecule has 1 aromatic carbocycles. The molecule has 2 atom stereocenters. The predicted molar refractivity (Wildman–Crippen MR) is 71.2 cm³/mol. The van der Waals surface area contributed by atoms with Gasteiger partial charge < -0.3 is 10.5 Å². The van der Waals surface area contributed by atoms with E-state index >= 15 is 0 Å². The maximum Gasteiger partial charge on any atom is 0.282 e. The highest BCUT2D eigenvalue weighted by Gasteiger charge is 2.45. The molecule has 0 amide bonds. The first-order valence-corrected chi connectivity index (χ1v) is 6.67. The van der Waals surface area contributed by atoms with Crippen LogP contribution >= 0.6 is 15.9 Å². The molecule has 1 heterocycles. The second-order valence-electron chi connectivity index (χ2n) is 4.87. The Kier molecular flexibility index (Phi) is 2.43. The Hall–Kier alpha value is -1.03. The minimum Gasteiger partial charge on any atom is -0.463 e. The van der Waals surface area contributed by atoms with Crippen molar-refractivity contribution in [3.63, 3.8) is 0 Å². The van der Waals surface area contributed by atoms with Gasteiger partial charge in [0.15, 0.2) is 0 Å². The lowest BCUT2D eigenvalue weighted by Gasteiger charge is -2.37. The number of amidine groups is 1. The van der Waals surface area contributed by atoms with Gasteiger partial charge in [-0.1, -0.05) is 35.0 Å². The molecule has 3 nitrogen and oxygen atoms in total. The summed E-state index contributed by atoms with van der Waals surface area (Å²) >= 11 is 3.63. The van der Waals surface area contributed by atoms with Gasteiger partial charge in [0.25, 0.3) is 6.02 Å². The molecule has 4 heteroatoms. The minimum atomic E-state index is -0.141. The van der Waals surface area contributed by atoms with Crippen molar-refractivity contribution in [3.05, 3.63) is 33.8 Å². The number of hydrogen-bond donors (Lipinski definition) is 1. The van der Waals surface area contributed by atoms with Crippen LogP contribution in [0.2, 0.25) is 0 Å². The standard InChI is InChI=1S/C13H15BrN2O/c1-8-9-3-2-4-11(14)10(9)5-6-13(8)7-17-12(15)16-13/h2-4,8H,5-7H2,1H3,(H2,15,16). The van der Waals surface area contributed by atoms with Gasteiger partial charge in [0, 0.05) is 10.4 Å². The monoisotopic (exact) mass is 294 g/mol. The van der Waals surface area contributed by atoms with Crippen molar-refractivity contribution in [1.82, 2.24) is 0 Å². The molecular formula is C13H15BrN2O. The number of rotatable bonds is 0. The van der Waals surface area contributed by atoms with Crippen LogP contribution in [0.3, 0.4) is 0 Å². The molecule has 1 spiro atoms. The van der Waals surface area contributed by atoms with Crippen LogP contribution in [0.5, 0.6) is 0 Å². The van der Waals surface area contributed by atoms with Crippen LogP contribution in [-0.2, 0) is 11.2 Å². The summed E-state index contributed by atoms with van der Waals surface area (Å²) in [5.41, 5.74) is 8.31. The van der Waals surface area contributed by atoms with Crippen LogP contribution in [0, 0.1) is 0 Å². The first-order chi connectivity index (χ1) is 8.12. The van der Waals surface area contributed by atoms with Gasteiger partial charge in [-0.15, -0.1) is 0 Å². The molecule has 0 radical (unpaired) electrons. The normalized spacial score (nSPS) is 30.9. The van der Waals surface area contributed by atoms with E-state index in [0.717, 1.165) is 12.8 Å². The van der Waals surface area contributed by atoms with Gasteiger partial charge >= 0.3 is 0 Å². The van der Waals surface area contributed by atoms with E-state index in [2.05, 4.69) is 46.0 Å². The minimum absolute atomic E-state index is 0.141. The highest BCUT2D eigenvalue weighted by molar-refractivity contribution is 9.10. The molecule has 0 saturated heterocycles. The van der Waals surface area contributed by atoms with Gasteiger partial charge in [-0.05, 0) is 30.0 Å². The average molecular weight is 295 g/mol. The number of aliphatic imine (C=N–C) groups is 1. The summed E-state index contributed by atoms with van der Waals surface area (Å²) in [6.07, 6.45) is 2.03. The predicted octanol–water partition coefficient (Wildman–Crippen LogP) is 2.58. The average Bonchev–Trinajstić information content (AvgIpc) is 2.68. The topological polar surface area (TPSA) is 47.6 Å². The van der Waals surface area contributed by atoms with Gasteiger partial charge in [-0.25, -0.2) is 4.99 Å². The summed E-state index contributed by atoms with van der Waals surface area (Å²) in [4.78, 5) is 4.55. The molecule has 1 aliphatic carbocycles. The Morgan fingerprint density at radius 3 is 3.06 bits per heavy atom. The van der Waals surface area contributed by atoms with Crippen molar-refractivity contribution in [2.45, 2.75) is 31.2 Å². The third kappa shape index (κ3) is 1.58. The van der Waals surface area contributed by atoms with Gasteiger partial charge in [-0.3, -0.25) is 0 Å². The van der Waals surface area contributed by atoms with Crippen molar-refractivity contribution in [2.75, 3.05) is 6.61 Å². The number of halogens is 1. The Morgan fingerprint density at radius 2 is 2.35 bits per heavy atom. The molecule has 1 aliphatic heterocycles. The molecule has 0 aromatic heterocycles. The fourth-order valence-corrected chi connectivity index (χ4v) is 3.50. The summed E-state index contributed by atoms with van der Waals surface area (Å²) in [6, 6.07) is 6.72. The number of benzene rings is 1. The summed E-state index contributed by atoms with van der Waals surface area (Å²) in [5.74, 6) is 0.352. The zero-order chi connectivity index (χ0) is 12.0. The lowest BCUT2D eigenvalue weighted by molar-refractivity contribution is 0.211. The van der Waals surface area contributed by atoms with Gasteiger partial charge in [0.2, 0.25) is 0 Å². The second-order valence-corrected chi connectivity index (χ2v) is 5.73. The first kappa shape index (κ1) is 11.1. The molecule has 17 heavy (non-hydrogen) atoms. The van der Waals surface area contributed by atoms with Crippen LogP contribution in [0.1, 0.15) is 30.4 Å². The first-order valence-electron chi connectivity index (χ1n) is 5.88. The maximum absolute atomic E-state index is 5.67. The summed E-state index contributed by atoms with van der Waals surface area (Å²) < 4.78 is 6.58. The Balaban J connectivity index is 2.07. The lowest BCUT2D eigenvalue weighted by atomic mass is 9.71. The molecule has 0 bridgehead atoms. The molecule has 2 N–H and O–H groups in total. The van der Waals surface area contributed by atoms with E-state index in [9.17, 15) is 0 Å². The van der Waals surface area contributed by atoms with E-state index < -0.39 is 0 Å². The zero-order valence-corrected chi connectivity index (χ0v) is 11.3. The fourth-order valence-electron chi connectivity index (χ4n) is 2.93. The molecule has 1 aromatic rings. The van der Waals surface area contributed by atoms with E-state index in [1.165, 1.54) is 15.6 Å². The molecule has 3 rings (SSSR count). The number of fused-ring (bicyclic) bond motifs is 1. The second kappa shape index (κ2) is 3.73. The van der Waals surface area contributed by atoms with Gasteiger partial charge in [0.1, 0.15) is 12.1 Å². The fraction of sp³-hybridized carbons (Fsp3) is 0.462. The molecular weight excluding hydrogens is 280 g/mol. The maximum atomic E-state index is 5.67. The van der Waals surface area contributed by atoms with Crippen LogP contribution < -0.4 is 5.73 Å². The van der Waals surface area contributed by atoms with Crippen molar-refractivity contribution in [1.29, 1.82) is 0 Å². The third-order valence-corrected chi connectivity index (χ3v) is 4.78. The highest BCUT2D eigenvalue weighted by atomic mass is 79.9. The van der Waals surface area contributed by atoms with Crippen molar-refractivity contribution in [2.24, 2.45) is 10.7 Å². The van der Waals surface area contributed by atoms with Crippen molar-refractivity contribution in [3.8, 4) is 0 Å². The van der Waals surface area contributed by atoms with Gasteiger partial charge in [0.05, 0.1) is 0 Å². The van der Waals surface area contributed by atoms with E-state index in [-0.39, 0.29) is 5.54 Å². The van der Waals surface area contributed by atoms with Crippen LogP contribution in [0.25, 0.3) is 0 Å². The quantitative estimate of drug-likeness (QED) is 0.799. The summed E-state index contributed by atoms with van der Waals surface area (Å²) in [6.45, 7) is 2.84. The molecule has 0 saturated carbocycles. The highest BCUT2D eigenvalue weighted by Crippen LogP contribution is 2.45. The SMILES string of the molecule is CC1c2cccc(Br)c2CCC12COC(N)=N2. The third-order valence-electron chi connectivity index (χ3n) is 4.04. The van der Waals surface area contributed by atoms with E-state index in [4.69, 9.17) is 10.5 Å². The Morgan fingerprint density at radius 1 is 1.53 bits per heavy atom. The van der Waals surface area contributed by atoms with E-state index in [1.807, 2.05) is 0 Å². The molecule has 2 unspecified atom stereocenters. The zero-order valence-electron chi connectivity index (χ0n) is 9.74. The smallest absolute Gasteiger partial charge is 0.282 e. The molecule has 90 valence electrons. The number of nitrogens with zero attached hydrogens (tertiary/aromatic N) is 1. The number of ether oxygens (including phenoxy) is 1. The van der Waals surface area contributed by atoms with Crippen molar-refractivity contribution >= 4 is 22.0 Å². The van der Waals surface area contributed by atoms with Crippen LogP contribution in [-0.4, -0.2) is 18.2 Å². The summed E-state index contributed by atoms with van der Waals surface area (Å²) in [5, 5.41) is 0. The lowest BCUT2D eigenvalue weighted by Crippen LogP contribution is -2.39. The largest absolute Gasteiger partial charge is 0.463 e. The van der Waals surface area contributed by atoms with Crippen LogP contribution in [0.15, 0.2) is 27.7 Å². The molecule has 0 fully saturated rings. The van der Waals surface area contributed by atoms with Crippen LogP contribution in [0.4, 0.5) is 0 Å². The number of nitrogens with two attached hydrogens (primary N) is 1. The molecule has 2 aliphatic rings. The van der Waals surface area contributed by atoms with E-state index in [1.54, 1.807) is 0 Å². The number of hydrogen-bond acceptors (Lipinski definition) is 3. The summed E-state index contributed by atoms with van der Waals surface area (Å²) in [7, 11) is 0. The van der Waals surface area contributed by atoms with Crippen molar-refractivity contribution < 1.29 is 4.74 Å². The van der Waals surface area contributed by atoms with Gasteiger partial charge in [-0.2, -0.15) is 0 Å².